The maximum absolute atomic E-state index is 5.31. The summed E-state index contributed by atoms with van der Waals surface area (Å²) < 4.78 is 6.28. The summed E-state index contributed by atoms with van der Waals surface area (Å²) in [6.45, 7) is 0. The molecule has 1 aliphatic rings. The molecule has 1 atom stereocenters. The monoisotopic (exact) mass is 366 g/mol. The first-order valence-electron chi connectivity index (χ1n) is 7.22. The van der Waals surface area contributed by atoms with Gasteiger partial charge >= 0.3 is 0 Å². The molecule has 112 valence electrons. The number of fused-ring (bicyclic) bond motifs is 1. The van der Waals surface area contributed by atoms with Crippen molar-refractivity contribution in [3.05, 3.63) is 43.8 Å². The van der Waals surface area contributed by atoms with E-state index < -0.39 is 0 Å². The molecule has 3 rings (SSSR count). The Morgan fingerprint density at radius 3 is 2.81 bits per heavy atom. The molecule has 2 aromatic rings. The Labute approximate surface area is 137 Å². The van der Waals surface area contributed by atoms with Gasteiger partial charge in [-0.25, -0.2) is 4.98 Å². The van der Waals surface area contributed by atoms with Crippen LogP contribution in [0.5, 0.6) is 5.75 Å². The van der Waals surface area contributed by atoms with Gasteiger partial charge in [-0.15, -0.1) is 11.3 Å². The smallest absolute Gasteiger partial charge is 0.133 e. The molecule has 1 aromatic heterocycles. The van der Waals surface area contributed by atoms with Crippen molar-refractivity contribution in [1.29, 1.82) is 0 Å². The van der Waals surface area contributed by atoms with Crippen LogP contribution < -0.4 is 10.1 Å². The fourth-order valence-corrected chi connectivity index (χ4v) is 4.64. The number of halogens is 1. The minimum absolute atomic E-state index is 0.141. The highest BCUT2D eigenvalue weighted by atomic mass is 79.9. The summed E-state index contributed by atoms with van der Waals surface area (Å²) in [7, 11) is 3.67. The lowest BCUT2D eigenvalue weighted by Gasteiger charge is -2.15. The van der Waals surface area contributed by atoms with E-state index in [1.165, 1.54) is 40.4 Å². The zero-order valence-corrected chi connectivity index (χ0v) is 14.7. The summed E-state index contributed by atoms with van der Waals surface area (Å²) in [5.41, 5.74) is 2.52. The number of rotatable bonds is 4. The third-order valence-corrected chi connectivity index (χ3v) is 5.75. The van der Waals surface area contributed by atoms with Gasteiger partial charge in [-0.3, -0.25) is 0 Å². The average molecular weight is 367 g/mol. The first-order valence-corrected chi connectivity index (χ1v) is 8.83. The van der Waals surface area contributed by atoms with E-state index in [1.54, 1.807) is 7.11 Å². The Balaban J connectivity index is 1.94. The van der Waals surface area contributed by atoms with Gasteiger partial charge in [-0.05, 0) is 66.4 Å². The second kappa shape index (κ2) is 6.46. The minimum Gasteiger partial charge on any atom is -0.496 e. The van der Waals surface area contributed by atoms with E-state index in [2.05, 4.69) is 33.4 Å². The van der Waals surface area contributed by atoms with Gasteiger partial charge in [0.15, 0.2) is 0 Å². The number of benzene rings is 1. The molecule has 0 spiro atoms. The standard InChI is InChI=1S/C16H19BrN2OS/c1-18-15(10-7-8-13(20-2)11(17)9-10)16-19-12-5-3-4-6-14(12)21-16/h7-9,15,18H,3-6H2,1-2H3. The van der Waals surface area contributed by atoms with Gasteiger partial charge in [0.2, 0.25) is 0 Å². The molecule has 1 aliphatic carbocycles. The van der Waals surface area contributed by atoms with Crippen LogP contribution in [-0.4, -0.2) is 19.1 Å². The van der Waals surface area contributed by atoms with Crippen LogP contribution in [0.3, 0.4) is 0 Å². The van der Waals surface area contributed by atoms with Gasteiger partial charge in [0.1, 0.15) is 10.8 Å². The molecular weight excluding hydrogens is 348 g/mol. The van der Waals surface area contributed by atoms with E-state index >= 15 is 0 Å². The van der Waals surface area contributed by atoms with Crippen LogP contribution in [0.1, 0.15) is 40.0 Å². The summed E-state index contributed by atoms with van der Waals surface area (Å²) in [5.74, 6) is 0.854. The molecule has 5 heteroatoms. The quantitative estimate of drug-likeness (QED) is 0.884. The van der Waals surface area contributed by atoms with Crippen LogP contribution in [0.2, 0.25) is 0 Å². The third kappa shape index (κ3) is 3.00. The van der Waals surface area contributed by atoms with E-state index in [-0.39, 0.29) is 6.04 Å². The maximum atomic E-state index is 5.31. The van der Waals surface area contributed by atoms with E-state index in [0.717, 1.165) is 16.6 Å². The van der Waals surface area contributed by atoms with Gasteiger partial charge in [-0.1, -0.05) is 6.07 Å². The van der Waals surface area contributed by atoms with Crippen molar-refractivity contribution in [3.63, 3.8) is 0 Å². The van der Waals surface area contributed by atoms with Gasteiger partial charge in [0.25, 0.3) is 0 Å². The topological polar surface area (TPSA) is 34.1 Å². The second-order valence-electron chi connectivity index (χ2n) is 5.24. The Hall–Kier alpha value is -0.910. The van der Waals surface area contributed by atoms with Gasteiger partial charge in [0, 0.05) is 4.88 Å². The molecule has 0 saturated carbocycles. The number of hydrogen-bond donors (Lipinski definition) is 1. The molecule has 1 aromatic carbocycles. The molecule has 0 bridgehead atoms. The van der Waals surface area contributed by atoms with Crippen LogP contribution in [0.15, 0.2) is 22.7 Å². The molecule has 0 fully saturated rings. The van der Waals surface area contributed by atoms with E-state index in [1.807, 2.05) is 24.5 Å². The number of hydrogen-bond acceptors (Lipinski definition) is 4. The van der Waals surface area contributed by atoms with Crippen LogP contribution in [0.25, 0.3) is 0 Å². The van der Waals surface area contributed by atoms with E-state index in [4.69, 9.17) is 9.72 Å². The number of aryl methyl sites for hydroxylation is 2. The Morgan fingerprint density at radius 1 is 1.33 bits per heavy atom. The Morgan fingerprint density at radius 2 is 2.14 bits per heavy atom. The predicted octanol–water partition coefficient (Wildman–Crippen LogP) is 4.10. The predicted molar refractivity (Wildman–Crippen MR) is 90.4 cm³/mol. The first kappa shape index (κ1) is 15.0. The molecule has 0 saturated heterocycles. The lowest BCUT2D eigenvalue weighted by molar-refractivity contribution is 0.412. The highest BCUT2D eigenvalue weighted by Crippen LogP contribution is 2.34. The van der Waals surface area contributed by atoms with Crippen molar-refractivity contribution in [1.82, 2.24) is 10.3 Å². The molecule has 21 heavy (non-hydrogen) atoms. The summed E-state index contributed by atoms with van der Waals surface area (Å²) in [5, 5.41) is 4.56. The molecule has 0 radical (unpaired) electrons. The second-order valence-corrected chi connectivity index (χ2v) is 7.21. The summed E-state index contributed by atoms with van der Waals surface area (Å²) >= 11 is 5.42. The van der Waals surface area contributed by atoms with Crippen molar-refractivity contribution in [2.75, 3.05) is 14.2 Å². The van der Waals surface area contributed by atoms with E-state index in [9.17, 15) is 0 Å². The fraction of sp³-hybridized carbons (Fsp3) is 0.438. The van der Waals surface area contributed by atoms with Crippen molar-refractivity contribution in [2.24, 2.45) is 0 Å². The molecule has 1 unspecified atom stereocenters. The number of nitrogens with one attached hydrogen (secondary N) is 1. The van der Waals surface area contributed by atoms with Gasteiger partial charge < -0.3 is 10.1 Å². The minimum atomic E-state index is 0.141. The summed E-state index contributed by atoms with van der Waals surface area (Å²) in [6, 6.07) is 6.35. The van der Waals surface area contributed by atoms with Crippen molar-refractivity contribution >= 4 is 27.3 Å². The normalized spacial score (nSPS) is 15.6. The number of methoxy groups -OCH3 is 1. The number of ether oxygens (including phenoxy) is 1. The average Bonchev–Trinajstić information content (AvgIpc) is 2.91. The zero-order valence-electron chi connectivity index (χ0n) is 12.3. The Kier molecular flexibility index (Phi) is 4.62. The highest BCUT2D eigenvalue weighted by molar-refractivity contribution is 9.10. The lowest BCUT2D eigenvalue weighted by Crippen LogP contribution is -2.17. The highest BCUT2D eigenvalue weighted by Gasteiger charge is 2.21. The van der Waals surface area contributed by atoms with Crippen LogP contribution in [0, 0.1) is 0 Å². The molecular formula is C16H19BrN2OS. The first-order chi connectivity index (χ1) is 10.2. The molecule has 1 heterocycles. The maximum Gasteiger partial charge on any atom is 0.133 e. The van der Waals surface area contributed by atoms with E-state index in [0.29, 0.717) is 0 Å². The van der Waals surface area contributed by atoms with Gasteiger partial charge in [-0.2, -0.15) is 0 Å². The number of thiazole rings is 1. The Bertz CT molecular complexity index is 618. The largest absolute Gasteiger partial charge is 0.496 e. The SMILES string of the molecule is CNC(c1ccc(OC)c(Br)c1)c1nc2c(s1)CCCC2. The third-order valence-electron chi connectivity index (χ3n) is 3.91. The zero-order chi connectivity index (χ0) is 14.8. The summed E-state index contributed by atoms with van der Waals surface area (Å²) in [6.07, 6.45) is 4.89. The molecule has 3 nitrogen and oxygen atoms in total. The van der Waals surface area contributed by atoms with Crippen molar-refractivity contribution in [3.8, 4) is 5.75 Å². The van der Waals surface area contributed by atoms with Crippen LogP contribution >= 0.6 is 27.3 Å². The summed E-state index contributed by atoms with van der Waals surface area (Å²) in [4.78, 5) is 6.36. The fourth-order valence-electron chi connectivity index (χ4n) is 2.79. The number of aromatic nitrogens is 1. The molecule has 1 N–H and O–H groups in total. The van der Waals surface area contributed by atoms with Crippen LogP contribution in [-0.2, 0) is 12.8 Å². The van der Waals surface area contributed by atoms with Crippen LogP contribution in [0.4, 0.5) is 0 Å². The molecule has 0 amide bonds. The molecule has 0 aliphatic heterocycles. The lowest BCUT2D eigenvalue weighted by atomic mass is 10.0. The van der Waals surface area contributed by atoms with Crippen molar-refractivity contribution < 1.29 is 4.74 Å². The van der Waals surface area contributed by atoms with Gasteiger partial charge in [0.05, 0.1) is 23.3 Å². The van der Waals surface area contributed by atoms with Crippen molar-refractivity contribution in [2.45, 2.75) is 31.7 Å². The number of nitrogens with zero attached hydrogens (tertiary/aromatic N) is 1.